The maximum absolute atomic E-state index is 11.9. The summed E-state index contributed by atoms with van der Waals surface area (Å²) in [5.74, 6) is 1.80. The molecule has 0 aliphatic carbocycles. The monoisotopic (exact) mass is 428 g/mol. The van der Waals surface area contributed by atoms with Crippen LogP contribution in [-0.4, -0.2) is 17.3 Å². The number of hydrogen-bond acceptors (Lipinski definition) is 5. The second-order valence-electron chi connectivity index (χ2n) is 7.54. The van der Waals surface area contributed by atoms with Gasteiger partial charge in [-0.05, 0) is 93.9 Å². The van der Waals surface area contributed by atoms with Crippen LogP contribution in [0.1, 0.15) is 64.3 Å². The Bertz CT molecular complexity index is 1120. The Balaban J connectivity index is 1.78. The van der Waals surface area contributed by atoms with Crippen LogP contribution in [0.4, 0.5) is 0 Å². The average Bonchev–Trinajstić information content (AvgIpc) is 2.74. The van der Waals surface area contributed by atoms with Crippen molar-refractivity contribution in [3.8, 4) is 23.0 Å². The van der Waals surface area contributed by atoms with Crippen molar-refractivity contribution in [2.75, 3.05) is 0 Å². The predicted octanol–water partition coefficient (Wildman–Crippen LogP) is 6.91. The highest BCUT2D eigenvalue weighted by molar-refractivity contribution is 6.07. The van der Waals surface area contributed by atoms with E-state index in [0.29, 0.717) is 39.7 Å². The zero-order chi connectivity index (χ0) is 23.4. The van der Waals surface area contributed by atoms with Crippen molar-refractivity contribution in [2.24, 2.45) is 0 Å². The Morgan fingerprint density at radius 1 is 0.531 bits per heavy atom. The van der Waals surface area contributed by atoms with Crippen molar-refractivity contribution in [1.29, 1.82) is 0 Å². The predicted molar refractivity (Wildman–Crippen MR) is 124 cm³/mol. The maximum Gasteiger partial charge on any atom is 0.160 e. The van der Waals surface area contributed by atoms with E-state index in [1.54, 1.807) is 60.7 Å². The Kier molecular flexibility index (Phi) is 6.69. The van der Waals surface area contributed by atoms with Crippen LogP contribution in [0.25, 0.3) is 5.57 Å². The van der Waals surface area contributed by atoms with Crippen molar-refractivity contribution in [3.05, 3.63) is 89.5 Å². The Morgan fingerprint density at radius 3 is 1.25 bits per heavy atom. The summed E-state index contributed by atoms with van der Waals surface area (Å²) in [6.45, 7) is 10.1. The van der Waals surface area contributed by atoms with Crippen LogP contribution in [-0.2, 0) is 0 Å². The average molecular weight is 428 g/mol. The summed E-state index contributed by atoms with van der Waals surface area (Å²) in [5.41, 5.74) is 2.85. The van der Waals surface area contributed by atoms with Crippen LogP contribution in [0.5, 0.6) is 23.0 Å². The van der Waals surface area contributed by atoms with Gasteiger partial charge < -0.3 is 9.47 Å². The molecule has 0 amide bonds. The highest BCUT2D eigenvalue weighted by atomic mass is 16.5. The van der Waals surface area contributed by atoms with Crippen LogP contribution in [0.3, 0.4) is 0 Å². The first-order chi connectivity index (χ1) is 15.2. The van der Waals surface area contributed by atoms with Gasteiger partial charge in [0.25, 0.3) is 0 Å². The third-order valence-electron chi connectivity index (χ3n) is 4.87. The van der Waals surface area contributed by atoms with E-state index < -0.39 is 0 Å². The summed E-state index contributed by atoms with van der Waals surface area (Å²) in [4.78, 5) is 35.4. The summed E-state index contributed by atoms with van der Waals surface area (Å²) in [6, 6.07) is 17.1. The van der Waals surface area contributed by atoms with Crippen molar-refractivity contribution in [2.45, 2.75) is 27.7 Å². The Morgan fingerprint density at radius 2 is 0.875 bits per heavy atom. The number of ketones is 3. The van der Waals surface area contributed by atoms with Gasteiger partial charge in [0, 0.05) is 16.7 Å². The van der Waals surface area contributed by atoms with Crippen LogP contribution < -0.4 is 9.47 Å². The molecule has 3 aromatic rings. The lowest BCUT2D eigenvalue weighted by atomic mass is 9.99. The SMILES string of the molecule is C=C(C)c1cc(Oc2ccc(Oc3ccc(C(C)=O)c(C(C)=O)c3)cc2)ccc1C(C)=O. The molecule has 3 aromatic carbocycles. The van der Waals surface area contributed by atoms with Crippen LogP contribution in [0.2, 0.25) is 0 Å². The smallest absolute Gasteiger partial charge is 0.160 e. The molecule has 0 unspecified atom stereocenters. The van der Waals surface area contributed by atoms with Gasteiger partial charge in [0.05, 0.1) is 0 Å². The molecule has 32 heavy (non-hydrogen) atoms. The summed E-state index contributed by atoms with van der Waals surface area (Å²) in [6.07, 6.45) is 0. The molecular formula is C27H24O5. The van der Waals surface area contributed by atoms with Crippen molar-refractivity contribution in [3.63, 3.8) is 0 Å². The van der Waals surface area contributed by atoms with E-state index in [2.05, 4.69) is 6.58 Å². The van der Waals surface area contributed by atoms with Gasteiger partial charge in [-0.1, -0.05) is 12.2 Å². The summed E-state index contributed by atoms with van der Waals surface area (Å²) in [7, 11) is 0. The van der Waals surface area contributed by atoms with E-state index in [-0.39, 0.29) is 17.3 Å². The van der Waals surface area contributed by atoms with E-state index in [1.165, 1.54) is 20.8 Å². The fraction of sp³-hybridized carbons (Fsp3) is 0.148. The number of Topliss-reactive ketones (excluding diaryl/α,β-unsaturated/α-hetero) is 3. The maximum atomic E-state index is 11.9. The molecule has 0 saturated heterocycles. The number of carbonyl (C=O) groups is 3. The molecule has 0 radical (unpaired) electrons. The van der Waals surface area contributed by atoms with Gasteiger partial charge in [0.2, 0.25) is 0 Å². The molecule has 0 aliphatic heterocycles. The highest BCUT2D eigenvalue weighted by Gasteiger charge is 2.13. The fourth-order valence-corrected chi connectivity index (χ4v) is 3.28. The molecule has 0 N–H and O–H groups in total. The molecule has 162 valence electrons. The molecule has 0 heterocycles. The van der Waals surface area contributed by atoms with Crippen LogP contribution >= 0.6 is 0 Å². The number of ether oxygens (including phenoxy) is 2. The first kappa shape index (κ1) is 22.7. The third kappa shape index (κ3) is 5.19. The van der Waals surface area contributed by atoms with E-state index in [1.807, 2.05) is 6.92 Å². The zero-order valence-corrected chi connectivity index (χ0v) is 18.5. The van der Waals surface area contributed by atoms with E-state index in [4.69, 9.17) is 9.47 Å². The lowest BCUT2D eigenvalue weighted by molar-refractivity contribution is 0.0980. The Hall–Kier alpha value is -3.99. The second kappa shape index (κ2) is 9.43. The minimum Gasteiger partial charge on any atom is -0.457 e. The summed E-state index contributed by atoms with van der Waals surface area (Å²) < 4.78 is 11.7. The van der Waals surface area contributed by atoms with Crippen molar-refractivity contribution in [1.82, 2.24) is 0 Å². The molecule has 3 rings (SSSR count). The van der Waals surface area contributed by atoms with Crippen molar-refractivity contribution < 1.29 is 23.9 Å². The molecular weight excluding hydrogens is 404 g/mol. The number of hydrogen-bond donors (Lipinski definition) is 0. The Labute approximate surface area is 187 Å². The largest absolute Gasteiger partial charge is 0.457 e. The zero-order valence-electron chi connectivity index (χ0n) is 18.5. The lowest BCUT2D eigenvalue weighted by Gasteiger charge is -2.12. The van der Waals surface area contributed by atoms with Gasteiger partial charge in [0.15, 0.2) is 17.3 Å². The van der Waals surface area contributed by atoms with Crippen LogP contribution in [0.15, 0.2) is 67.2 Å². The van der Waals surface area contributed by atoms with Gasteiger partial charge in [-0.3, -0.25) is 14.4 Å². The van der Waals surface area contributed by atoms with Gasteiger partial charge in [0.1, 0.15) is 23.0 Å². The molecule has 0 aliphatic rings. The van der Waals surface area contributed by atoms with Gasteiger partial charge in [-0.2, -0.15) is 0 Å². The topological polar surface area (TPSA) is 69.7 Å². The number of allylic oxidation sites excluding steroid dienone is 1. The van der Waals surface area contributed by atoms with Crippen molar-refractivity contribution >= 4 is 22.9 Å². The minimum absolute atomic E-state index is 0.0275. The molecule has 5 nitrogen and oxygen atoms in total. The molecule has 0 spiro atoms. The number of carbonyl (C=O) groups excluding carboxylic acids is 3. The third-order valence-corrected chi connectivity index (χ3v) is 4.87. The lowest BCUT2D eigenvalue weighted by Crippen LogP contribution is -2.04. The molecule has 0 bridgehead atoms. The first-order valence-corrected chi connectivity index (χ1v) is 10.1. The van der Waals surface area contributed by atoms with Crippen LogP contribution in [0, 0.1) is 0 Å². The van der Waals surface area contributed by atoms with Gasteiger partial charge in [-0.15, -0.1) is 0 Å². The van der Waals surface area contributed by atoms with Gasteiger partial charge in [-0.25, -0.2) is 0 Å². The highest BCUT2D eigenvalue weighted by Crippen LogP contribution is 2.30. The molecule has 0 atom stereocenters. The number of rotatable bonds is 8. The standard InChI is InChI=1S/C27H24O5/c1-16(2)26-14-22(10-12-24(26)17(3)28)31-20-6-8-21(9-7-20)32-23-11-13-25(18(4)29)27(15-23)19(5)30/h6-15H,1H2,2-5H3. The molecule has 0 aromatic heterocycles. The molecule has 0 fully saturated rings. The fourth-order valence-electron chi connectivity index (χ4n) is 3.28. The minimum atomic E-state index is -0.200. The van der Waals surface area contributed by atoms with Gasteiger partial charge >= 0.3 is 0 Å². The first-order valence-electron chi connectivity index (χ1n) is 10.1. The van der Waals surface area contributed by atoms with E-state index in [9.17, 15) is 14.4 Å². The summed E-state index contributed by atoms with van der Waals surface area (Å²) in [5, 5.41) is 0. The quantitative estimate of drug-likeness (QED) is 0.365. The van der Waals surface area contributed by atoms with E-state index >= 15 is 0 Å². The molecule has 0 saturated carbocycles. The normalized spacial score (nSPS) is 10.4. The number of benzene rings is 3. The van der Waals surface area contributed by atoms with E-state index in [0.717, 1.165) is 11.1 Å². The summed E-state index contributed by atoms with van der Waals surface area (Å²) >= 11 is 0. The second-order valence-corrected chi connectivity index (χ2v) is 7.54. The molecule has 5 heteroatoms.